The summed E-state index contributed by atoms with van der Waals surface area (Å²) in [6, 6.07) is 0. The highest BCUT2D eigenvalue weighted by atomic mass is 19.4. The summed E-state index contributed by atoms with van der Waals surface area (Å²) in [5, 5.41) is 4.12. The second-order valence-corrected chi connectivity index (χ2v) is 2.81. The lowest BCUT2D eigenvalue weighted by Gasteiger charge is -2.34. The molecule has 13 heteroatoms. The van der Waals surface area contributed by atoms with Gasteiger partial charge in [0.05, 0.1) is 5.34 Å². The van der Waals surface area contributed by atoms with E-state index in [-0.39, 0.29) is 0 Å². The quantitative estimate of drug-likeness (QED) is 0.492. The molecule has 1 atom stereocenters. The summed E-state index contributed by atoms with van der Waals surface area (Å²) < 4.78 is 120. The molecule has 0 unspecified atom stereocenters. The van der Waals surface area contributed by atoms with Crippen LogP contribution in [0.25, 0.3) is 0 Å². The number of hydrogen-bond acceptors (Lipinski definition) is 2. The molecule has 18 heavy (non-hydrogen) atoms. The van der Waals surface area contributed by atoms with Gasteiger partial charge >= 0.3 is 29.8 Å². The molecule has 0 amide bonds. The topological polar surface area (TPSA) is 40.5 Å². The number of carboxylic acids is 1. The number of carbonyl (C=O) groups is 1. The van der Waals surface area contributed by atoms with Crippen molar-refractivity contribution in [3.63, 3.8) is 0 Å². The Kier molecular flexibility index (Phi) is 3.84. The number of rotatable bonds is 4. The molecule has 0 rings (SSSR count). The van der Waals surface area contributed by atoms with Gasteiger partial charge in [-0.25, -0.2) is 9.18 Å². The van der Waals surface area contributed by atoms with Crippen LogP contribution in [0.3, 0.4) is 0 Å². The SMILES string of the molecule is O=C(O)[C@@](F)(N(F)F)C(F)(F)C(F)(F)C(F)(F)F. The van der Waals surface area contributed by atoms with E-state index in [2.05, 4.69) is 0 Å². The molecule has 0 radical (unpaired) electrons. The van der Waals surface area contributed by atoms with Gasteiger partial charge in [0.2, 0.25) is 0 Å². The van der Waals surface area contributed by atoms with Crippen molar-refractivity contribution in [2.75, 3.05) is 0 Å². The van der Waals surface area contributed by atoms with Gasteiger partial charge in [-0.1, -0.05) is 8.96 Å². The van der Waals surface area contributed by atoms with E-state index in [1.54, 1.807) is 0 Å². The Balaban J connectivity index is 5.97. The zero-order valence-corrected chi connectivity index (χ0v) is 7.58. The maximum Gasteiger partial charge on any atom is 0.460 e. The first-order valence-electron chi connectivity index (χ1n) is 3.50. The molecule has 0 fully saturated rings. The van der Waals surface area contributed by atoms with E-state index in [1.807, 2.05) is 0 Å². The molecule has 0 saturated carbocycles. The Morgan fingerprint density at radius 2 is 1.17 bits per heavy atom. The van der Waals surface area contributed by atoms with E-state index in [0.717, 1.165) is 0 Å². The number of hydrogen-bond donors (Lipinski definition) is 1. The number of aliphatic carboxylic acids is 1. The summed E-state index contributed by atoms with van der Waals surface area (Å²) in [5.74, 6) is -25.1. The second kappa shape index (κ2) is 4.13. The Bertz CT molecular complexity index is 338. The fourth-order valence-corrected chi connectivity index (χ4v) is 0.699. The van der Waals surface area contributed by atoms with Gasteiger partial charge in [-0.05, 0) is 0 Å². The summed E-state index contributed by atoms with van der Waals surface area (Å²) in [5.41, 5.74) is 0. The maximum atomic E-state index is 12.7. The predicted molar refractivity (Wildman–Crippen MR) is 31.5 cm³/mol. The summed E-state index contributed by atoms with van der Waals surface area (Å²) in [6.45, 7) is 0. The fourth-order valence-electron chi connectivity index (χ4n) is 0.699. The standard InChI is InChI=1S/C5HF10NO2/c6-2(1(17)18,16(14)15)3(7,8)4(9,10)5(11,12)13/h(H,17,18)/t2-/m1/s1. The molecule has 1 N–H and O–H groups in total. The molecule has 0 aliphatic carbocycles. The molecule has 0 aliphatic rings. The third kappa shape index (κ3) is 1.95. The predicted octanol–water partition coefficient (Wildman–Crippen LogP) is 2.64. The second-order valence-electron chi connectivity index (χ2n) is 2.81. The van der Waals surface area contributed by atoms with Crippen LogP contribution in [0, 0.1) is 0 Å². The van der Waals surface area contributed by atoms with E-state index in [1.165, 1.54) is 0 Å². The molecule has 0 aromatic rings. The summed E-state index contributed by atoms with van der Waals surface area (Å²) in [7, 11) is 0. The number of nitrogens with zero attached hydrogens (tertiary/aromatic N) is 1. The fraction of sp³-hybridized carbons (Fsp3) is 0.800. The molecule has 0 heterocycles. The monoisotopic (exact) mass is 297 g/mol. The summed E-state index contributed by atoms with van der Waals surface area (Å²) in [6.07, 6.45) is -7.14. The minimum atomic E-state index is -7.33. The van der Waals surface area contributed by atoms with Crippen LogP contribution in [0.15, 0.2) is 0 Å². The van der Waals surface area contributed by atoms with Gasteiger partial charge < -0.3 is 5.11 Å². The van der Waals surface area contributed by atoms with Crippen molar-refractivity contribution in [1.82, 2.24) is 5.34 Å². The highest BCUT2D eigenvalue weighted by Crippen LogP contribution is 2.53. The van der Waals surface area contributed by atoms with Crippen LogP contribution in [0.1, 0.15) is 0 Å². The van der Waals surface area contributed by atoms with Crippen LogP contribution in [0.2, 0.25) is 0 Å². The van der Waals surface area contributed by atoms with E-state index >= 15 is 0 Å². The zero-order valence-electron chi connectivity index (χ0n) is 7.58. The number of alkyl halides is 8. The molecule has 0 bridgehead atoms. The van der Waals surface area contributed by atoms with Crippen molar-refractivity contribution < 1.29 is 54.0 Å². The molecule has 3 nitrogen and oxygen atoms in total. The van der Waals surface area contributed by atoms with Gasteiger partial charge in [-0.3, -0.25) is 0 Å². The van der Waals surface area contributed by atoms with Gasteiger partial charge in [-0.15, -0.1) is 0 Å². The first-order valence-corrected chi connectivity index (χ1v) is 3.50. The van der Waals surface area contributed by atoms with Crippen LogP contribution >= 0.6 is 0 Å². The van der Waals surface area contributed by atoms with Gasteiger partial charge in [-0.2, -0.15) is 30.7 Å². The third-order valence-corrected chi connectivity index (χ3v) is 1.68. The maximum absolute atomic E-state index is 12.7. The molecule has 0 aromatic carbocycles. The molecule has 0 spiro atoms. The smallest absolute Gasteiger partial charge is 0.460 e. The van der Waals surface area contributed by atoms with Crippen LogP contribution in [0.5, 0.6) is 0 Å². The van der Waals surface area contributed by atoms with Crippen molar-refractivity contribution in [2.45, 2.75) is 23.8 Å². The number of carboxylic acid groups (broad SMARTS) is 1. The van der Waals surface area contributed by atoms with Crippen molar-refractivity contribution >= 4 is 5.97 Å². The molecule has 0 saturated heterocycles. The summed E-state index contributed by atoms with van der Waals surface area (Å²) >= 11 is 0. The van der Waals surface area contributed by atoms with E-state index in [0.29, 0.717) is 0 Å². The summed E-state index contributed by atoms with van der Waals surface area (Å²) in [4.78, 5) is 9.81. The van der Waals surface area contributed by atoms with Gasteiger partial charge in [0.25, 0.3) is 0 Å². The first-order chi connectivity index (χ1) is 7.64. The average molecular weight is 297 g/mol. The molecule has 0 aliphatic heterocycles. The van der Waals surface area contributed by atoms with Crippen LogP contribution in [-0.2, 0) is 4.79 Å². The van der Waals surface area contributed by atoms with E-state index in [9.17, 15) is 48.9 Å². The van der Waals surface area contributed by atoms with Gasteiger partial charge in [0.15, 0.2) is 0 Å². The Morgan fingerprint density at radius 3 is 1.33 bits per heavy atom. The van der Waals surface area contributed by atoms with Crippen LogP contribution in [0.4, 0.5) is 44.1 Å². The number of halogens is 10. The van der Waals surface area contributed by atoms with Crippen molar-refractivity contribution in [1.29, 1.82) is 0 Å². The van der Waals surface area contributed by atoms with Gasteiger partial charge in [0, 0.05) is 0 Å². The van der Waals surface area contributed by atoms with E-state index < -0.39 is 35.1 Å². The van der Waals surface area contributed by atoms with Crippen molar-refractivity contribution in [3.8, 4) is 0 Å². The highest BCUT2D eigenvalue weighted by Gasteiger charge is 2.85. The normalized spacial score (nSPS) is 17.7. The van der Waals surface area contributed by atoms with Crippen LogP contribution < -0.4 is 0 Å². The zero-order chi connectivity index (χ0) is 15.2. The minimum Gasteiger partial charge on any atom is -0.478 e. The lowest BCUT2D eigenvalue weighted by Crippen LogP contribution is -2.68. The lowest BCUT2D eigenvalue weighted by molar-refractivity contribution is -0.421. The highest BCUT2D eigenvalue weighted by molar-refractivity contribution is 5.78. The van der Waals surface area contributed by atoms with Gasteiger partial charge in [0.1, 0.15) is 0 Å². The minimum absolute atomic E-state index is 3.57. The molecule has 108 valence electrons. The lowest BCUT2D eigenvalue weighted by atomic mass is 10.0. The van der Waals surface area contributed by atoms with Crippen LogP contribution in [-0.4, -0.2) is 40.2 Å². The molecule has 0 aromatic heterocycles. The molecular weight excluding hydrogens is 296 g/mol. The van der Waals surface area contributed by atoms with Crippen molar-refractivity contribution in [3.05, 3.63) is 0 Å². The molecular formula is C5HF10NO2. The van der Waals surface area contributed by atoms with Crippen molar-refractivity contribution in [2.24, 2.45) is 0 Å². The largest absolute Gasteiger partial charge is 0.478 e. The Labute approximate surface area is 90.4 Å². The third-order valence-electron chi connectivity index (χ3n) is 1.68. The average Bonchev–Trinajstić information content (AvgIpc) is 2.13. The first kappa shape index (κ1) is 16.7. The Morgan fingerprint density at radius 1 is 0.833 bits per heavy atom. The van der Waals surface area contributed by atoms with E-state index in [4.69, 9.17) is 5.11 Å². The Hall–Kier alpha value is -1.27.